The summed E-state index contributed by atoms with van der Waals surface area (Å²) in [6.45, 7) is 24.0. The Hall–Kier alpha value is 1.46. The normalized spacial score (nSPS) is 44.8. The van der Waals surface area contributed by atoms with Crippen molar-refractivity contribution in [1.82, 2.24) is 0 Å². The number of halogens is 2. The van der Waals surface area contributed by atoms with Crippen LogP contribution in [-0.4, -0.2) is 0 Å². The van der Waals surface area contributed by atoms with Gasteiger partial charge in [-0.25, -0.2) is 0 Å². The van der Waals surface area contributed by atoms with Crippen molar-refractivity contribution >= 4 is 17.0 Å². The van der Waals surface area contributed by atoms with E-state index in [0.717, 1.165) is 59.2 Å². The molecule has 0 aliphatic heterocycles. The second kappa shape index (κ2) is 14.5. The Bertz CT molecular complexity index is 203. The Kier molecular flexibility index (Phi) is 18.0. The van der Waals surface area contributed by atoms with Crippen molar-refractivity contribution in [3.05, 3.63) is 14.9 Å². The predicted octanol–water partition coefficient (Wildman–Crippen LogP) is 8.64. The summed E-state index contributed by atoms with van der Waals surface area (Å²) < 4.78 is 0. The number of hydrogen-bond acceptors (Lipinski definition) is 0. The molecule has 0 heterocycles. The van der Waals surface area contributed by atoms with Gasteiger partial charge in [0.1, 0.15) is 0 Å². The fourth-order valence-corrected chi connectivity index (χ4v) is 4.79. The quantitative estimate of drug-likeness (QED) is 0.309. The van der Waals surface area contributed by atoms with E-state index in [1.165, 1.54) is 0 Å². The Morgan fingerprint density at radius 3 is 0.440 bits per heavy atom. The van der Waals surface area contributed by atoms with Crippen molar-refractivity contribution in [3.8, 4) is 0 Å². The molecule has 2 rings (SSSR count). The van der Waals surface area contributed by atoms with Gasteiger partial charge in [-0.05, 0) is 59.2 Å². The molecule has 2 aliphatic rings. The van der Waals surface area contributed by atoms with Crippen LogP contribution in [0, 0.1) is 74.0 Å². The fraction of sp³-hybridized carbons (Fsp3) is 0.909. The van der Waals surface area contributed by atoms with Crippen molar-refractivity contribution < 1.29 is 20.8 Å². The van der Waals surface area contributed by atoms with Crippen LogP contribution in [0.1, 0.15) is 69.2 Å². The summed E-state index contributed by atoms with van der Waals surface area (Å²) in [6.07, 6.45) is 0. The summed E-state index contributed by atoms with van der Waals surface area (Å²) in [5.74, 6) is 9.35. The Labute approximate surface area is 180 Å². The molecule has 0 nitrogen and oxygen atoms in total. The summed E-state index contributed by atoms with van der Waals surface area (Å²) in [7, 11) is 9.87. The van der Waals surface area contributed by atoms with E-state index in [4.69, 9.17) is 17.0 Å². The van der Waals surface area contributed by atoms with Gasteiger partial charge < -0.3 is 14.9 Å². The van der Waals surface area contributed by atoms with E-state index >= 15 is 0 Å². The summed E-state index contributed by atoms with van der Waals surface area (Å²) in [4.78, 5) is 0. The first-order valence-electron chi connectivity index (χ1n) is 9.48. The van der Waals surface area contributed by atoms with Crippen LogP contribution >= 0.6 is 17.0 Å². The standard InChI is InChI=1S/2C10H20.2CH3.2ClH.Zr/c2*1-6-7(2)9(4)10(5)8(6)3;;;;;/h2*6-10H,1-5H3;2*1H3;2*1H;/q;;2*-1;;;+4/p-2. The molecule has 0 aromatic rings. The molecule has 0 radical (unpaired) electrons. The maximum absolute atomic E-state index is 4.93. The Morgan fingerprint density at radius 2 is 0.400 bits per heavy atom. The molecule has 2 saturated carbocycles. The van der Waals surface area contributed by atoms with Gasteiger partial charge in [0.15, 0.2) is 0 Å². The van der Waals surface area contributed by atoms with Crippen molar-refractivity contribution in [1.29, 1.82) is 0 Å². The molecule has 0 bridgehead atoms. The van der Waals surface area contributed by atoms with Crippen LogP contribution in [0.3, 0.4) is 0 Å². The maximum atomic E-state index is 4.93. The molecule has 0 saturated heterocycles. The molecule has 0 aromatic carbocycles. The first kappa shape index (κ1) is 31.2. The van der Waals surface area contributed by atoms with Crippen LogP contribution in [0.15, 0.2) is 0 Å². The van der Waals surface area contributed by atoms with Crippen LogP contribution in [-0.2, 0) is 20.8 Å². The predicted molar refractivity (Wildman–Crippen MR) is 116 cm³/mol. The minimum absolute atomic E-state index is 0. The van der Waals surface area contributed by atoms with Crippen molar-refractivity contribution in [2.24, 2.45) is 59.2 Å². The molecule has 0 amide bonds. The molecule has 0 N–H and O–H groups in total. The van der Waals surface area contributed by atoms with Gasteiger partial charge in [-0.2, -0.15) is 0 Å². The van der Waals surface area contributed by atoms with Gasteiger partial charge in [0.2, 0.25) is 0 Å². The molecule has 2 aliphatic carbocycles. The zero-order valence-corrected chi connectivity index (χ0v) is 23.0. The molecule has 152 valence electrons. The molecule has 25 heavy (non-hydrogen) atoms. The summed E-state index contributed by atoms with van der Waals surface area (Å²) in [5.41, 5.74) is 0. The fourth-order valence-electron chi connectivity index (χ4n) is 4.79. The van der Waals surface area contributed by atoms with E-state index in [-0.39, 0.29) is 14.9 Å². The minimum atomic E-state index is -0.826. The molecule has 0 atom stereocenters. The molecule has 3 heteroatoms. The monoisotopic (exact) mass is 470 g/mol. The van der Waals surface area contributed by atoms with Crippen molar-refractivity contribution in [2.75, 3.05) is 0 Å². The zero-order chi connectivity index (χ0) is 18.5. The van der Waals surface area contributed by atoms with Crippen LogP contribution in [0.2, 0.25) is 0 Å². The molecule has 0 aromatic heterocycles. The Balaban J connectivity index is -0.000000313. The van der Waals surface area contributed by atoms with Crippen molar-refractivity contribution in [2.45, 2.75) is 69.2 Å². The zero-order valence-electron chi connectivity index (χ0n) is 19.0. The third-order valence-electron chi connectivity index (χ3n) is 8.29. The van der Waals surface area contributed by atoms with Crippen LogP contribution in [0.4, 0.5) is 0 Å². The second-order valence-corrected chi connectivity index (χ2v) is 12.4. The third-order valence-corrected chi connectivity index (χ3v) is 8.29. The third kappa shape index (κ3) is 8.15. The first-order valence-corrected chi connectivity index (χ1v) is 15.8. The van der Waals surface area contributed by atoms with Gasteiger partial charge in [-0.3, -0.25) is 0 Å². The molecule has 0 spiro atoms. The van der Waals surface area contributed by atoms with E-state index in [1.54, 1.807) is 0 Å². The van der Waals surface area contributed by atoms with Crippen LogP contribution < -0.4 is 0 Å². The number of rotatable bonds is 0. The second-order valence-electron chi connectivity index (χ2n) is 8.66. The van der Waals surface area contributed by atoms with Gasteiger partial charge in [-0.1, -0.05) is 69.2 Å². The summed E-state index contributed by atoms with van der Waals surface area (Å²) >= 11 is -0.826. The van der Waals surface area contributed by atoms with Crippen LogP contribution in [0.25, 0.3) is 0 Å². The van der Waals surface area contributed by atoms with Gasteiger partial charge in [0, 0.05) is 0 Å². The van der Waals surface area contributed by atoms with E-state index in [1.807, 2.05) is 0 Å². The molecule has 2 fully saturated rings. The molecular weight excluding hydrogens is 426 g/mol. The number of hydrogen-bond donors (Lipinski definition) is 0. The topological polar surface area (TPSA) is 0 Å². The molecule has 0 unspecified atom stereocenters. The van der Waals surface area contributed by atoms with E-state index < -0.39 is 20.8 Å². The Morgan fingerprint density at radius 1 is 0.360 bits per heavy atom. The molecular formula is C22H46Cl2Zr. The van der Waals surface area contributed by atoms with E-state index in [9.17, 15) is 0 Å². The van der Waals surface area contributed by atoms with Crippen LogP contribution in [0.5, 0.6) is 0 Å². The van der Waals surface area contributed by atoms with Gasteiger partial charge in [0.05, 0.1) is 0 Å². The van der Waals surface area contributed by atoms with E-state index in [2.05, 4.69) is 69.2 Å². The van der Waals surface area contributed by atoms with E-state index in [0.29, 0.717) is 0 Å². The van der Waals surface area contributed by atoms with Gasteiger partial charge >= 0.3 is 37.9 Å². The summed E-state index contributed by atoms with van der Waals surface area (Å²) in [6, 6.07) is 0. The summed E-state index contributed by atoms with van der Waals surface area (Å²) in [5, 5.41) is 0. The van der Waals surface area contributed by atoms with Crippen molar-refractivity contribution in [3.63, 3.8) is 0 Å². The van der Waals surface area contributed by atoms with Gasteiger partial charge in [0.25, 0.3) is 0 Å². The average Bonchev–Trinajstić information content (AvgIpc) is 2.80. The average molecular weight is 473 g/mol. The van der Waals surface area contributed by atoms with Gasteiger partial charge in [-0.15, -0.1) is 0 Å². The SMILES string of the molecule is CC1C(C)C(C)C(C)C1C.CC1C(C)C(C)C(C)C1C.[CH3-].[CH3-].[Cl][Zr+2][Cl]. The first-order chi connectivity index (χ1) is 10.5.